The molecule has 112 valence electrons. The maximum absolute atomic E-state index is 12.5. The van der Waals surface area contributed by atoms with Crippen LogP contribution in [0.2, 0.25) is 0 Å². The second-order valence-corrected chi connectivity index (χ2v) is 4.52. The first kappa shape index (κ1) is 15.4. The second kappa shape index (κ2) is 6.63. The number of hydrogen-bond donors (Lipinski definition) is 1. The number of halogens is 3. The average molecular weight is 295 g/mol. The molecule has 2 aromatic carbocycles. The number of alkyl halides is 3. The summed E-state index contributed by atoms with van der Waals surface area (Å²) in [6, 6.07) is 13.5. The van der Waals surface area contributed by atoms with Gasteiger partial charge in [-0.3, -0.25) is 0 Å². The molecule has 0 bridgehead atoms. The van der Waals surface area contributed by atoms with Gasteiger partial charge in [0.15, 0.2) is 0 Å². The van der Waals surface area contributed by atoms with E-state index in [1.165, 1.54) is 12.1 Å². The zero-order valence-corrected chi connectivity index (χ0v) is 11.6. The normalized spacial score (nSPS) is 11.4. The highest BCUT2D eigenvalue weighted by atomic mass is 19.4. The number of benzene rings is 2. The monoisotopic (exact) mass is 295 g/mol. The predicted molar refractivity (Wildman–Crippen MR) is 75.9 cm³/mol. The van der Waals surface area contributed by atoms with E-state index in [-0.39, 0.29) is 5.75 Å². The van der Waals surface area contributed by atoms with Gasteiger partial charge in [0.1, 0.15) is 5.75 Å². The molecule has 0 radical (unpaired) electrons. The zero-order valence-electron chi connectivity index (χ0n) is 11.6. The molecular formula is C16H16F3NO. The van der Waals surface area contributed by atoms with Crippen molar-refractivity contribution in [1.29, 1.82) is 0 Å². The van der Waals surface area contributed by atoms with Crippen molar-refractivity contribution >= 4 is 0 Å². The van der Waals surface area contributed by atoms with Crippen molar-refractivity contribution in [2.24, 2.45) is 0 Å². The smallest absolute Gasteiger partial charge is 0.405 e. The van der Waals surface area contributed by atoms with Crippen LogP contribution in [0.3, 0.4) is 0 Å². The molecule has 0 aliphatic carbocycles. The molecule has 0 saturated carbocycles. The highest BCUT2D eigenvalue weighted by molar-refractivity contribution is 5.70. The third kappa shape index (κ3) is 4.49. The van der Waals surface area contributed by atoms with Crippen molar-refractivity contribution in [2.75, 3.05) is 6.54 Å². The van der Waals surface area contributed by atoms with Crippen LogP contribution in [-0.2, 0) is 6.54 Å². The Hall–Kier alpha value is -2.01. The van der Waals surface area contributed by atoms with Crippen LogP contribution in [0.4, 0.5) is 13.2 Å². The Labute approximate surface area is 121 Å². The van der Waals surface area contributed by atoms with Gasteiger partial charge >= 0.3 is 6.36 Å². The molecule has 0 saturated heterocycles. The van der Waals surface area contributed by atoms with Crippen LogP contribution < -0.4 is 10.1 Å². The van der Waals surface area contributed by atoms with E-state index in [0.29, 0.717) is 17.7 Å². The van der Waals surface area contributed by atoms with Crippen LogP contribution in [0.25, 0.3) is 11.1 Å². The largest absolute Gasteiger partial charge is 0.573 e. The molecule has 0 aromatic heterocycles. The standard InChI is InChI=1S/C16H16F3NO/c1-2-20-11-12-6-5-7-13(10-12)14-8-3-4-9-15(14)21-16(17,18)19/h3-10,20H,2,11H2,1H3. The Kier molecular flexibility index (Phi) is 4.85. The molecule has 0 fully saturated rings. The molecule has 0 amide bonds. The molecule has 5 heteroatoms. The number of nitrogens with one attached hydrogen (secondary N) is 1. The fourth-order valence-electron chi connectivity index (χ4n) is 2.04. The molecule has 21 heavy (non-hydrogen) atoms. The van der Waals surface area contributed by atoms with E-state index in [1.807, 2.05) is 25.1 Å². The summed E-state index contributed by atoms with van der Waals surface area (Å²) in [6.07, 6.45) is -4.70. The van der Waals surface area contributed by atoms with Crippen LogP contribution in [0.15, 0.2) is 48.5 Å². The van der Waals surface area contributed by atoms with Gasteiger partial charge < -0.3 is 10.1 Å². The van der Waals surface area contributed by atoms with E-state index in [9.17, 15) is 13.2 Å². The number of ether oxygens (including phenoxy) is 1. The van der Waals surface area contributed by atoms with Crippen molar-refractivity contribution in [2.45, 2.75) is 19.8 Å². The Bertz CT molecular complexity index is 596. The third-order valence-electron chi connectivity index (χ3n) is 2.93. The molecule has 2 nitrogen and oxygen atoms in total. The van der Waals surface area contributed by atoms with Crippen LogP contribution in [0.1, 0.15) is 12.5 Å². The maximum atomic E-state index is 12.5. The van der Waals surface area contributed by atoms with Gasteiger partial charge in [-0.25, -0.2) is 0 Å². The molecule has 0 unspecified atom stereocenters. The van der Waals surface area contributed by atoms with Crippen molar-refractivity contribution in [3.8, 4) is 16.9 Å². The zero-order chi connectivity index (χ0) is 15.3. The van der Waals surface area contributed by atoms with Crippen LogP contribution in [0.5, 0.6) is 5.75 Å². The van der Waals surface area contributed by atoms with E-state index >= 15 is 0 Å². The summed E-state index contributed by atoms with van der Waals surface area (Å²) in [6.45, 7) is 3.50. The quantitative estimate of drug-likeness (QED) is 0.885. The second-order valence-electron chi connectivity index (χ2n) is 4.52. The summed E-state index contributed by atoms with van der Waals surface area (Å²) in [5.74, 6) is -0.189. The maximum Gasteiger partial charge on any atom is 0.573 e. The van der Waals surface area contributed by atoms with Crippen molar-refractivity contribution in [3.63, 3.8) is 0 Å². The first-order valence-corrected chi connectivity index (χ1v) is 6.64. The van der Waals surface area contributed by atoms with E-state index in [2.05, 4.69) is 10.1 Å². The average Bonchev–Trinajstić information content (AvgIpc) is 2.44. The van der Waals surface area contributed by atoms with Crippen molar-refractivity contribution in [3.05, 3.63) is 54.1 Å². The number of para-hydroxylation sites is 1. The SMILES string of the molecule is CCNCc1cccc(-c2ccccc2OC(F)(F)F)c1. The summed E-state index contributed by atoms with van der Waals surface area (Å²) < 4.78 is 41.4. The minimum Gasteiger partial charge on any atom is -0.405 e. The van der Waals surface area contributed by atoms with Crippen molar-refractivity contribution < 1.29 is 17.9 Å². The van der Waals surface area contributed by atoms with Crippen molar-refractivity contribution in [1.82, 2.24) is 5.32 Å². The minimum atomic E-state index is -4.70. The van der Waals surface area contributed by atoms with Gasteiger partial charge in [0.2, 0.25) is 0 Å². The lowest BCUT2D eigenvalue weighted by atomic mass is 10.0. The summed E-state index contributed by atoms with van der Waals surface area (Å²) in [7, 11) is 0. The Morgan fingerprint density at radius 1 is 1.05 bits per heavy atom. The first-order valence-electron chi connectivity index (χ1n) is 6.64. The first-order chi connectivity index (χ1) is 9.99. The van der Waals surface area contributed by atoms with Crippen LogP contribution in [0, 0.1) is 0 Å². The van der Waals surface area contributed by atoms with E-state index in [0.717, 1.165) is 12.1 Å². The molecule has 0 aliphatic rings. The van der Waals surface area contributed by atoms with Gasteiger partial charge in [0, 0.05) is 12.1 Å². The topological polar surface area (TPSA) is 21.3 Å². The van der Waals surface area contributed by atoms with E-state index < -0.39 is 6.36 Å². The lowest BCUT2D eigenvalue weighted by molar-refractivity contribution is -0.274. The lowest BCUT2D eigenvalue weighted by Crippen LogP contribution is -2.17. The lowest BCUT2D eigenvalue weighted by Gasteiger charge is -2.14. The van der Waals surface area contributed by atoms with Gasteiger partial charge in [-0.15, -0.1) is 13.2 Å². The minimum absolute atomic E-state index is 0.189. The summed E-state index contributed by atoms with van der Waals surface area (Å²) in [5, 5.41) is 3.18. The molecule has 0 heterocycles. The Balaban J connectivity index is 2.33. The van der Waals surface area contributed by atoms with Crippen LogP contribution >= 0.6 is 0 Å². The molecule has 2 aromatic rings. The van der Waals surface area contributed by atoms with Gasteiger partial charge in [0.25, 0.3) is 0 Å². The fraction of sp³-hybridized carbons (Fsp3) is 0.250. The highest BCUT2D eigenvalue weighted by Crippen LogP contribution is 2.33. The fourth-order valence-corrected chi connectivity index (χ4v) is 2.04. The highest BCUT2D eigenvalue weighted by Gasteiger charge is 2.32. The van der Waals surface area contributed by atoms with Gasteiger partial charge in [-0.05, 0) is 29.8 Å². The summed E-state index contributed by atoms with van der Waals surface area (Å²) >= 11 is 0. The molecular weight excluding hydrogens is 279 g/mol. The van der Waals surface area contributed by atoms with Gasteiger partial charge in [-0.2, -0.15) is 0 Å². The van der Waals surface area contributed by atoms with E-state index in [1.54, 1.807) is 18.2 Å². The van der Waals surface area contributed by atoms with Crippen LogP contribution in [-0.4, -0.2) is 12.9 Å². The molecule has 1 N–H and O–H groups in total. The van der Waals surface area contributed by atoms with Gasteiger partial charge in [0.05, 0.1) is 0 Å². The Morgan fingerprint density at radius 2 is 1.81 bits per heavy atom. The molecule has 0 atom stereocenters. The molecule has 0 spiro atoms. The van der Waals surface area contributed by atoms with E-state index in [4.69, 9.17) is 0 Å². The number of hydrogen-bond acceptors (Lipinski definition) is 2. The Morgan fingerprint density at radius 3 is 2.52 bits per heavy atom. The molecule has 0 aliphatic heterocycles. The number of rotatable bonds is 5. The third-order valence-corrected chi connectivity index (χ3v) is 2.93. The van der Waals surface area contributed by atoms with Gasteiger partial charge in [-0.1, -0.05) is 43.3 Å². The molecule has 2 rings (SSSR count). The summed E-state index contributed by atoms with van der Waals surface area (Å²) in [4.78, 5) is 0. The predicted octanol–water partition coefficient (Wildman–Crippen LogP) is 4.36. The summed E-state index contributed by atoms with van der Waals surface area (Å²) in [5.41, 5.74) is 2.13.